The van der Waals surface area contributed by atoms with E-state index in [9.17, 15) is 4.79 Å². The summed E-state index contributed by atoms with van der Waals surface area (Å²) in [6.07, 6.45) is 1.65. The average Bonchev–Trinajstić information content (AvgIpc) is 2.94. The Labute approximate surface area is 137 Å². The van der Waals surface area contributed by atoms with Crippen LogP contribution in [-0.2, 0) is 13.5 Å². The molecular weight excluding hydrogens is 408 g/mol. The van der Waals surface area contributed by atoms with E-state index >= 15 is 0 Å². The van der Waals surface area contributed by atoms with Crippen molar-refractivity contribution < 1.29 is 4.79 Å². The second-order valence-electron chi connectivity index (χ2n) is 4.26. The molecule has 20 heavy (non-hydrogen) atoms. The van der Waals surface area contributed by atoms with E-state index in [-0.39, 0.29) is 5.91 Å². The number of anilines is 1. The van der Waals surface area contributed by atoms with Gasteiger partial charge in [-0.15, -0.1) is 11.3 Å². The number of halogens is 2. The van der Waals surface area contributed by atoms with Gasteiger partial charge in [-0.1, -0.05) is 0 Å². The zero-order valence-corrected chi connectivity index (χ0v) is 14.8. The van der Waals surface area contributed by atoms with Crippen molar-refractivity contribution in [1.29, 1.82) is 0 Å². The lowest BCUT2D eigenvalue weighted by molar-refractivity contribution is 0.0945. The fraction of sp³-hybridized carbons (Fsp3) is 0.333. The summed E-state index contributed by atoms with van der Waals surface area (Å²) >= 11 is 8.22. The Hall–Kier alpha value is -0.860. The van der Waals surface area contributed by atoms with E-state index in [1.165, 1.54) is 11.3 Å². The summed E-state index contributed by atoms with van der Waals surface area (Å²) in [5.41, 5.74) is 7.16. The van der Waals surface area contributed by atoms with Gasteiger partial charge in [0.15, 0.2) is 5.13 Å². The maximum atomic E-state index is 12.0. The van der Waals surface area contributed by atoms with Crippen molar-refractivity contribution in [3.63, 3.8) is 0 Å². The molecule has 2 heterocycles. The number of nitrogens with two attached hydrogens (primary N) is 1. The number of hydrogen-bond acceptors (Lipinski definition) is 4. The predicted molar refractivity (Wildman–Crippen MR) is 88.0 cm³/mol. The predicted octanol–water partition coefficient (Wildman–Crippen LogP) is 2.95. The van der Waals surface area contributed by atoms with Crippen LogP contribution in [0.1, 0.15) is 22.6 Å². The number of nitrogens with one attached hydrogen (secondary N) is 1. The van der Waals surface area contributed by atoms with Crippen LogP contribution in [0.2, 0.25) is 0 Å². The third kappa shape index (κ3) is 3.62. The lowest BCUT2D eigenvalue weighted by atomic mass is 10.2. The number of amides is 1. The highest BCUT2D eigenvalue weighted by atomic mass is 79.9. The molecule has 0 bridgehead atoms. The van der Waals surface area contributed by atoms with E-state index < -0.39 is 0 Å². The molecule has 0 aliphatic rings. The maximum absolute atomic E-state index is 12.0. The van der Waals surface area contributed by atoms with Crippen LogP contribution in [0, 0.1) is 0 Å². The number of hydrogen-bond donors (Lipinski definition) is 2. The molecule has 5 nitrogen and oxygen atoms in total. The molecule has 0 saturated carbocycles. The third-order valence-electron chi connectivity index (χ3n) is 2.81. The maximum Gasteiger partial charge on any atom is 0.267 e. The van der Waals surface area contributed by atoms with Gasteiger partial charge in [0.1, 0.15) is 5.69 Å². The number of thiazole rings is 1. The molecule has 3 N–H and O–H groups in total. The van der Waals surface area contributed by atoms with E-state index in [0.717, 1.165) is 27.6 Å². The van der Waals surface area contributed by atoms with E-state index in [2.05, 4.69) is 42.2 Å². The first-order chi connectivity index (χ1) is 9.49. The van der Waals surface area contributed by atoms with Crippen molar-refractivity contribution in [1.82, 2.24) is 14.9 Å². The molecule has 0 aliphatic carbocycles. The highest BCUT2D eigenvalue weighted by Gasteiger charge is 2.14. The van der Waals surface area contributed by atoms with Gasteiger partial charge in [0.2, 0.25) is 0 Å². The van der Waals surface area contributed by atoms with E-state index in [1.54, 1.807) is 10.6 Å². The highest BCUT2D eigenvalue weighted by Crippen LogP contribution is 2.26. The monoisotopic (exact) mass is 420 g/mol. The summed E-state index contributed by atoms with van der Waals surface area (Å²) < 4.78 is 3.50. The normalized spacial score (nSPS) is 10.8. The van der Waals surface area contributed by atoms with E-state index in [1.807, 2.05) is 12.4 Å². The minimum Gasteiger partial charge on any atom is -0.375 e. The van der Waals surface area contributed by atoms with Crippen molar-refractivity contribution in [2.75, 3.05) is 12.3 Å². The summed E-state index contributed by atoms with van der Waals surface area (Å²) in [5, 5.41) is 5.43. The summed E-state index contributed by atoms with van der Waals surface area (Å²) in [7, 11) is 1.84. The van der Waals surface area contributed by atoms with Crippen LogP contribution in [-0.4, -0.2) is 22.0 Å². The van der Waals surface area contributed by atoms with Crippen molar-refractivity contribution >= 4 is 54.2 Å². The third-order valence-corrected chi connectivity index (χ3v) is 5.63. The fourth-order valence-electron chi connectivity index (χ4n) is 1.76. The fourth-order valence-corrected chi connectivity index (χ4v) is 3.15. The summed E-state index contributed by atoms with van der Waals surface area (Å²) in [5.74, 6) is -0.0864. The molecule has 2 aromatic heterocycles. The number of carbonyl (C=O) groups excluding carboxylic acids is 1. The van der Waals surface area contributed by atoms with Gasteiger partial charge in [-0.05, 0) is 50.8 Å². The molecule has 1 amide bonds. The molecule has 8 heteroatoms. The second-order valence-corrected chi connectivity index (χ2v) is 6.76. The number of nitrogens with zero attached hydrogens (tertiary/aromatic N) is 2. The lowest BCUT2D eigenvalue weighted by Gasteiger charge is -2.06. The zero-order valence-electron chi connectivity index (χ0n) is 10.8. The van der Waals surface area contributed by atoms with E-state index in [4.69, 9.17) is 5.73 Å². The number of nitrogen functional groups attached to an aromatic ring is 1. The molecule has 0 aromatic carbocycles. The topological polar surface area (TPSA) is 72.9 Å². The number of carbonyl (C=O) groups is 1. The summed E-state index contributed by atoms with van der Waals surface area (Å²) in [6.45, 7) is 0.608. The SMILES string of the molecule is Cn1c(C(=O)NCCCc2csc(N)n2)cc(Br)c1Br. The van der Waals surface area contributed by atoms with Gasteiger partial charge in [-0.3, -0.25) is 4.79 Å². The first-order valence-corrected chi connectivity index (χ1v) is 8.44. The Bertz CT molecular complexity index is 623. The number of aryl methyl sites for hydroxylation is 1. The minimum absolute atomic E-state index is 0.0864. The molecule has 2 rings (SSSR count). The standard InChI is InChI=1S/C12H14Br2N4OS/c1-18-9(5-8(13)10(18)14)11(19)16-4-2-3-7-6-20-12(15)17-7/h5-6H,2-4H2,1H3,(H2,15,17)(H,16,19). The highest BCUT2D eigenvalue weighted by molar-refractivity contribution is 9.13. The van der Waals surface area contributed by atoms with Crippen LogP contribution >= 0.6 is 43.2 Å². The molecule has 0 atom stereocenters. The lowest BCUT2D eigenvalue weighted by Crippen LogP contribution is -2.26. The van der Waals surface area contributed by atoms with Gasteiger partial charge >= 0.3 is 0 Å². The molecule has 108 valence electrons. The Balaban J connectivity index is 1.82. The Morgan fingerprint density at radius 2 is 2.30 bits per heavy atom. The van der Waals surface area contributed by atoms with Crippen LogP contribution in [0.4, 0.5) is 5.13 Å². The van der Waals surface area contributed by atoms with Crippen LogP contribution in [0.15, 0.2) is 20.5 Å². The molecule has 0 radical (unpaired) electrons. The van der Waals surface area contributed by atoms with Gasteiger partial charge in [0.25, 0.3) is 5.91 Å². The molecule has 0 saturated heterocycles. The van der Waals surface area contributed by atoms with Crippen LogP contribution in [0.5, 0.6) is 0 Å². The van der Waals surface area contributed by atoms with Crippen molar-refractivity contribution in [3.05, 3.63) is 31.9 Å². The Morgan fingerprint density at radius 1 is 1.55 bits per heavy atom. The number of rotatable bonds is 5. The quantitative estimate of drug-likeness (QED) is 0.729. The van der Waals surface area contributed by atoms with Gasteiger partial charge in [-0.2, -0.15) is 0 Å². The second kappa shape index (κ2) is 6.73. The average molecular weight is 422 g/mol. The van der Waals surface area contributed by atoms with Crippen molar-refractivity contribution in [3.8, 4) is 0 Å². The molecular formula is C12H14Br2N4OS. The smallest absolute Gasteiger partial charge is 0.267 e. The van der Waals surface area contributed by atoms with Crippen molar-refractivity contribution in [2.24, 2.45) is 7.05 Å². The largest absolute Gasteiger partial charge is 0.375 e. The molecule has 0 aliphatic heterocycles. The van der Waals surface area contributed by atoms with Gasteiger partial charge in [0, 0.05) is 19.0 Å². The zero-order chi connectivity index (χ0) is 14.7. The van der Waals surface area contributed by atoms with Crippen molar-refractivity contribution in [2.45, 2.75) is 12.8 Å². The summed E-state index contributed by atoms with van der Waals surface area (Å²) in [4.78, 5) is 16.2. The summed E-state index contributed by atoms with van der Waals surface area (Å²) in [6, 6.07) is 1.79. The van der Waals surface area contributed by atoms with E-state index in [0.29, 0.717) is 17.4 Å². The molecule has 2 aromatic rings. The minimum atomic E-state index is -0.0864. The van der Waals surface area contributed by atoms with Crippen LogP contribution in [0.25, 0.3) is 0 Å². The number of aromatic nitrogens is 2. The molecule has 0 fully saturated rings. The van der Waals surface area contributed by atoms with Crippen LogP contribution < -0.4 is 11.1 Å². The van der Waals surface area contributed by atoms with Gasteiger partial charge in [0.05, 0.1) is 14.8 Å². The molecule has 0 unspecified atom stereocenters. The van der Waals surface area contributed by atoms with Gasteiger partial charge < -0.3 is 15.6 Å². The van der Waals surface area contributed by atoms with Crippen LogP contribution in [0.3, 0.4) is 0 Å². The van der Waals surface area contributed by atoms with Gasteiger partial charge in [-0.25, -0.2) is 4.98 Å². The molecule has 0 spiro atoms. The first-order valence-electron chi connectivity index (χ1n) is 5.98. The Kier molecular flexibility index (Phi) is 5.22. The first kappa shape index (κ1) is 15.5. The Morgan fingerprint density at radius 3 is 2.85 bits per heavy atom.